The van der Waals surface area contributed by atoms with Crippen LogP contribution in [0, 0.1) is 0 Å². The van der Waals surface area contributed by atoms with Crippen LogP contribution in [-0.2, 0) is 16.1 Å². The van der Waals surface area contributed by atoms with Crippen LogP contribution in [0.4, 0.5) is 0 Å². The number of hydrogen-bond acceptors (Lipinski definition) is 3. The summed E-state index contributed by atoms with van der Waals surface area (Å²) in [7, 11) is 0. The minimum Gasteiger partial charge on any atom is -0.394 e. The van der Waals surface area contributed by atoms with Crippen LogP contribution in [-0.4, -0.2) is 31.0 Å². The molecule has 0 radical (unpaired) electrons. The van der Waals surface area contributed by atoms with E-state index in [9.17, 15) is 5.11 Å². The lowest BCUT2D eigenvalue weighted by Crippen LogP contribution is -2.24. The van der Waals surface area contributed by atoms with Gasteiger partial charge in [-0.05, 0) is 12.0 Å². The lowest BCUT2D eigenvalue weighted by molar-refractivity contribution is -0.0473. The van der Waals surface area contributed by atoms with E-state index in [1.165, 1.54) is 83.5 Å². The van der Waals surface area contributed by atoms with E-state index < -0.39 is 0 Å². The van der Waals surface area contributed by atoms with Gasteiger partial charge in [-0.3, -0.25) is 0 Å². The molecule has 29 heavy (non-hydrogen) atoms. The zero-order valence-corrected chi connectivity index (χ0v) is 19.0. The largest absolute Gasteiger partial charge is 0.394 e. The van der Waals surface area contributed by atoms with Gasteiger partial charge in [-0.15, -0.1) is 0 Å². The minimum atomic E-state index is -0.208. The van der Waals surface area contributed by atoms with E-state index in [1.54, 1.807) is 0 Å². The van der Waals surface area contributed by atoms with Crippen LogP contribution < -0.4 is 0 Å². The predicted octanol–water partition coefficient (Wildman–Crippen LogP) is 7.06. The molecule has 0 aromatic heterocycles. The van der Waals surface area contributed by atoms with E-state index in [1.807, 2.05) is 30.3 Å². The average Bonchev–Trinajstić information content (AvgIpc) is 2.76. The molecular formula is C26H46O3. The monoisotopic (exact) mass is 406 g/mol. The smallest absolute Gasteiger partial charge is 0.104 e. The Hall–Kier alpha value is -0.900. The van der Waals surface area contributed by atoms with Crippen LogP contribution in [0.15, 0.2) is 30.3 Å². The van der Waals surface area contributed by atoms with Crippen LogP contribution in [0.5, 0.6) is 0 Å². The van der Waals surface area contributed by atoms with Gasteiger partial charge in [0.25, 0.3) is 0 Å². The van der Waals surface area contributed by atoms with Crippen molar-refractivity contribution in [3.63, 3.8) is 0 Å². The van der Waals surface area contributed by atoms with Gasteiger partial charge in [-0.2, -0.15) is 0 Å². The number of aliphatic hydroxyl groups is 1. The lowest BCUT2D eigenvalue weighted by atomic mass is 10.0. The standard InChI is InChI=1S/C26H46O3/c1-2-3-4-5-6-7-8-9-10-11-12-13-14-18-21-29-26(22-27)24-28-23-25-19-16-15-17-20-25/h15-17,19-20,26-27H,2-14,18,21-24H2,1H3/t26-/m0/s1. The number of benzene rings is 1. The fraction of sp³-hybridized carbons (Fsp3) is 0.769. The molecule has 0 unspecified atom stereocenters. The van der Waals surface area contributed by atoms with Crippen molar-refractivity contribution in [1.29, 1.82) is 0 Å². The summed E-state index contributed by atoms with van der Waals surface area (Å²) in [6.45, 7) is 4.04. The molecule has 0 fully saturated rings. The third-order valence-corrected chi connectivity index (χ3v) is 5.47. The second kappa shape index (κ2) is 20.4. The molecule has 1 rings (SSSR count). The summed E-state index contributed by atoms with van der Waals surface area (Å²) in [4.78, 5) is 0. The van der Waals surface area contributed by atoms with Gasteiger partial charge in [0, 0.05) is 6.61 Å². The quantitative estimate of drug-likeness (QED) is 0.222. The predicted molar refractivity (Wildman–Crippen MR) is 123 cm³/mol. The Morgan fingerprint density at radius 1 is 0.724 bits per heavy atom. The van der Waals surface area contributed by atoms with E-state index in [0.29, 0.717) is 13.2 Å². The van der Waals surface area contributed by atoms with Crippen LogP contribution in [0.1, 0.15) is 102 Å². The molecule has 168 valence electrons. The summed E-state index contributed by atoms with van der Waals surface area (Å²) in [5.41, 5.74) is 1.15. The highest BCUT2D eigenvalue weighted by molar-refractivity contribution is 5.13. The third-order valence-electron chi connectivity index (χ3n) is 5.47. The second-order valence-electron chi connectivity index (χ2n) is 8.27. The van der Waals surface area contributed by atoms with Crippen molar-refractivity contribution in [3.8, 4) is 0 Å². The Kier molecular flexibility index (Phi) is 18.4. The summed E-state index contributed by atoms with van der Waals surface area (Å²) in [5, 5.41) is 9.43. The van der Waals surface area contributed by atoms with Gasteiger partial charge >= 0.3 is 0 Å². The Morgan fingerprint density at radius 3 is 1.76 bits per heavy atom. The molecule has 1 atom stereocenters. The average molecular weight is 407 g/mol. The Balaban J connectivity index is 1.82. The van der Waals surface area contributed by atoms with Crippen molar-refractivity contribution in [2.45, 2.75) is 110 Å². The van der Waals surface area contributed by atoms with E-state index in [2.05, 4.69) is 6.92 Å². The molecule has 0 heterocycles. The molecule has 0 saturated carbocycles. The number of ether oxygens (including phenoxy) is 2. The lowest BCUT2D eigenvalue weighted by Gasteiger charge is -2.15. The van der Waals surface area contributed by atoms with E-state index in [4.69, 9.17) is 9.47 Å². The van der Waals surface area contributed by atoms with Crippen LogP contribution >= 0.6 is 0 Å². The number of unbranched alkanes of at least 4 members (excludes halogenated alkanes) is 13. The van der Waals surface area contributed by atoms with Gasteiger partial charge in [-0.25, -0.2) is 0 Å². The molecule has 1 aromatic carbocycles. The van der Waals surface area contributed by atoms with Gasteiger partial charge in [-0.1, -0.05) is 121 Å². The first kappa shape index (κ1) is 26.1. The first-order valence-electron chi connectivity index (χ1n) is 12.2. The summed E-state index contributed by atoms with van der Waals surface area (Å²) >= 11 is 0. The van der Waals surface area contributed by atoms with Crippen molar-refractivity contribution in [2.75, 3.05) is 19.8 Å². The van der Waals surface area contributed by atoms with Crippen LogP contribution in [0.2, 0.25) is 0 Å². The van der Waals surface area contributed by atoms with Gasteiger partial charge in [0.1, 0.15) is 6.10 Å². The fourth-order valence-electron chi connectivity index (χ4n) is 3.58. The molecule has 0 amide bonds. The number of hydrogen-bond donors (Lipinski definition) is 1. The van der Waals surface area contributed by atoms with E-state index >= 15 is 0 Å². The van der Waals surface area contributed by atoms with Gasteiger partial charge in [0.15, 0.2) is 0 Å². The minimum absolute atomic E-state index is 0.0212. The van der Waals surface area contributed by atoms with Crippen molar-refractivity contribution in [3.05, 3.63) is 35.9 Å². The molecule has 0 aliphatic heterocycles. The topological polar surface area (TPSA) is 38.7 Å². The maximum Gasteiger partial charge on any atom is 0.104 e. The molecule has 3 nitrogen and oxygen atoms in total. The molecule has 3 heteroatoms. The van der Waals surface area contributed by atoms with Crippen molar-refractivity contribution < 1.29 is 14.6 Å². The highest BCUT2D eigenvalue weighted by atomic mass is 16.5. The van der Waals surface area contributed by atoms with Gasteiger partial charge < -0.3 is 14.6 Å². The molecule has 1 aromatic rings. The van der Waals surface area contributed by atoms with Crippen LogP contribution in [0.3, 0.4) is 0 Å². The van der Waals surface area contributed by atoms with Crippen molar-refractivity contribution in [2.24, 2.45) is 0 Å². The Labute approximate surface area is 180 Å². The SMILES string of the molecule is CCCCCCCCCCCCCCCCO[C@@H](CO)COCc1ccccc1. The molecule has 0 saturated heterocycles. The molecule has 1 N–H and O–H groups in total. The zero-order chi connectivity index (χ0) is 20.8. The summed E-state index contributed by atoms with van der Waals surface area (Å²) < 4.78 is 11.4. The summed E-state index contributed by atoms with van der Waals surface area (Å²) in [5.74, 6) is 0. The molecule has 0 spiro atoms. The molecular weight excluding hydrogens is 360 g/mol. The Morgan fingerprint density at radius 2 is 1.24 bits per heavy atom. The first-order chi connectivity index (χ1) is 14.4. The highest BCUT2D eigenvalue weighted by Gasteiger charge is 2.07. The van der Waals surface area contributed by atoms with Gasteiger partial charge in [0.05, 0.1) is 19.8 Å². The van der Waals surface area contributed by atoms with Crippen LogP contribution in [0.25, 0.3) is 0 Å². The number of aliphatic hydroxyl groups excluding tert-OH is 1. The van der Waals surface area contributed by atoms with E-state index in [0.717, 1.165) is 18.6 Å². The van der Waals surface area contributed by atoms with Crippen molar-refractivity contribution >= 4 is 0 Å². The van der Waals surface area contributed by atoms with Crippen molar-refractivity contribution in [1.82, 2.24) is 0 Å². The highest BCUT2D eigenvalue weighted by Crippen LogP contribution is 2.13. The Bertz CT molecular complexity index is 435. The first-order valence-corrected chi connectivity index (χ1v) is 12.2. The normalized spacial score (nSPS) is 12.3. The molecule has 0 bridgehead atoms. The summed E-state index contributed by atoms with van der Waals surface area (Å²) in [6.07, 6.45) is 18.8. The van der Waals surface area contributed by atoms with Gasteiger partial charge in [0.2, 0.25) is 0 Å². The maximum absolute atomic E-state index is 9.43. The fourth-order valence-corrected chi connectivity index (χ4v) is 3.58. The summed E-state index contributed by atoms with van der Waals surface area (Å²) in [6, 6.07) is 10.1. The maximum atomic E-state index is 9.43. The molecule has 0 aliphatic carbocycles. The second-order valence-corrected chi connectivity index (χ2v) is 8.27. The van der Waals surface area contributed by atoms with E-state index in [-0.39, 0.29) is 12.7 Å². The third kappa shape index (κ3) is 16.6. The molecule has 0 aliphatic rings. The zero-order valence-electron chi connectivity index (χ0n) is 19.0. The number of rotatable bonds is 21.